The highest BCUT2D eigenvalue weighted by Crippen LogP contribution is 2.18. The van der Waals surface area contributed by atoms with Crippen molar-refractivity contribution in [1.29, 1.82) is 0 Å². The van der Waals surface area contributed by atoms with Gasteiger partial charge in [0.1, 0.15) is 11.5 Å². The maximum atomic E-state index is 5.66. The van der Waals surface area contributed by atoms with Gasteiger partial charge in [0.05, 0.1) is 13.2 Å². The van der Waals surface area contributed by atoms with Crippen LogP contribution in [0.3, 0.4) is 0 Å². The molecule has 0 aromatic heterocycles. The summed E-state index contributed by atoms with van der Waals surface area (Å²) in [7, 11) is 0. The molecule has 0 N–H and O–H groups in total. The van der Waals surface area contributed by atoms with Gasteiger partial charge in [-0.3, -0.25) is 0 Å². The third kappa shape index (κ3) is 6.75. The van der Waals surface area contributed by atoms with Gasteiger partial charge >= 0.3 is 0 Å². The number of unbranched alkanes of at least 4 members (excludes halogenated alkanes) is 3. The van der Waals surface area contributed by atoms with Crippen LogP contribution in [0, 0.1) is 0 Å². The predicted molar refractivity (Wildman–Crippen MR) is 76.9 cm³/mol. The van der Waals surface area contributed by atoms with Crippen molar-refractivity contribution in [2.24, 2.45) is 0 Å². The first-order valence-electron chi connectivity index (χ1n) is 6.78. The van der Waals surface area contributed by atoms with E-state index >= 15 is 0 Å². The van der Waals surface area contributed by atoms with E-state index in [1.54, 1.807) is 0 Å². The lowest BCUT2D eigenvalue weighted by atomic mass is 10.2. The van der Waals surface area contributed by atoms with Crippen LogP contribution in [0.1, 0.15) is 39.0 Å². The summed E-state index contributed by atoms with van der Waals surface area (Å²) in [4.78, 5) is 0. The number of alkyl halides is 1. The van der Waals surface area contributed by atoms with Crippen LogP contribution >= 0.6 is 11.6 Å². The molecular weight excluding hydrogens is 248 g/mol. The molecule has 0 aliphatic heterocycles. The average Bonchev–Trinajstić information content (AvgIpc) is 2.42. The Morgan fingerprint density at radius 3 is 1.94 bits per heavy atom. The molecule has 0 aliphatic rings. The summed E-state index contributed by atoms with van der Waals surface area (Å²) in [6, 6.07) is 7.84. The maximum Gasteiger partial charge on any atom is 0.119 e. The Balaban J connectivity index is 2.14. The highest BCUT2D eigenvalue weighted by atomic mass is 35.5. The van der Waals surface area contributed by atoms with Crippen LogP contribution in [-0.4, -0.2) is 19.1 Å². The molecule has 0 saturated carbocycles. The Labute approximate surface area is 115 Å². The Morgan fingerprint density at radius 1 is 0.833 bits per heavy atom. The zero-order chi connectivity index (χ0) is 13.1. The molecule has 0 radical (unpaired) electrons. The molecule has 0 spiro atoms. The lowest BCUT2D eigenvalue weighted by molar-refractivity contribution is 0.301. The molecule has 0 bridgehead atoms. The maximum absolute atomic E-state index is 5.66. The highest BCUT2D eigenvalue weighted by molar-refractivity contribution is 6.17. The lowest BCUT2D eigenvalue weighted by Gasteiger charge is -2.08. The summed E-state index contributed by atoms with van der Waals surface area (Å²) >= 11 is 5.62. The van der Waals surface area contributed by atoms with E-state index in [0.717, 1.165) is 49.9 Å². The Hall–Kier alpha value is -0.890. The zero-order valence-corrected chi connectivity index (χ0v) is 11.9. The monoisotopic (exact) mass is 270 g/mol. The van der Waals surface area contributed by atoms with E-state index in [0.29, 0.717) is 0 Å². The second-order valence-electron chi connectivity index (χ2n) is 4.27. The van der Waals surface area contributed by atoms with E-state index in [1.807, 2.05) is 24.3 Å². The summed E-state index contributed by atoms with van der Waals surface area (Å²) in [6.07, 6.45) is 5.59. The molecule has 0 amide bonds. The lowest BCUT2D eigenvalue weighted by Crippen LogP contribution is -1.98. The number of benzene rings is 1. The van der Waals surface area contributed by atoms with Gasteiger partial charge < -0.3 is 9.47 Å². The Bertz CT molecular complexity index is 298. The smallest absolute Gasteiger partial charge is 0.119 e. The zero-order valence-electron chi connectivity index (χ0n) is 11.2. The van der Waals surface area contributed by atoms with Crippen molar-refractivity contribution in [2.45, 2.75) is 39.0 Å². The van der Waals surface area contributed by atoms with Gasteiger partial charge in [0.2, 0.25) is 0 Å². The van der Waals surface area contributed by atoms with Crippen LogP contribution in [0.4, 0.5) is 0 Å². The van der Waals surface area contributed by atoms with Gasteiger partial charge in [-0.25, -0.2) is 0 Å². The molecule has 3 heteroatoms. The molecule has 2 nitrogen and oxygen atoms in total. The minimum atomic E-state index is 0.764. The quantitative estimate of drug-likeness (QED) is 0.455. The highest BCUT2D eigenvalue weighted by Gasteiger charge is 1.96. The predicted octanol–water partition coefficient (Wildman–Crippen LogP) is 4.65. The standard InChI is InChI=1S/C15H23ClO2/c1-2-12-17-14-7-9-15(10-8-14)18-13-6-4-3-5-11-16/h7-10H,2-6,11-13H2,1H3. The average molecular weight is 271 g/mol. The van der Waals surface area contributed by atoms with Gasteiger partial charge in [-0.2, -0.15) is 0 Å². The van der Waals surface area contributed by atoms with Crippen molar-refractivity contribution in [3.8, 4) is 11.5 Å². The van der Waals surface area contributed by atoms with Gasteiger partial charge in [0, 0.05) is 5.88 Å². The molecule has 0 aliphatic carbocycles. The van der Waals surface area contributed by atoms with Gasteiger partial charge in [-0.05, 0) is 43.5 Å². The fourth-order valence-electron chi connectivity index (χ4n) is 1.59. The van der Waals surface area contributed by atoms with Gasteiger partial charge in [0.25, 0.3) is 0 Å². The Morgan fingerprint density at radius 2 is 1.39 bits per heavy atom. The molecule has 0 fully saturated rings. The number of halogens is 1. The SMILES string of the molecule is CCCOc1ccc(OCCCCCCCl)cc1. The van der Waals surface area contributed by atoms with Gasteiger partial charge in [-0.15, -0.1) is 11.6 Å². The molecule has 18 heavy (non-hydrogen) atoms. The van der Waals surface area contributed by atoms with Crippen LogP contribution in [-0.2, 0) is 0 Å². The summed E-state index contributed by atoms with van der Waals surface area (Å²) in [5.74, 6) is 2.59. The number of hydrogen-bond acceptors (Lipinski definition) is 2. The van der Waals surface area contributed by atoms with Crippen LogP contribution in [0.2, 0.25) is 0 Å². The molecule has 0 unspecified atom stereocenters. The molecule has 1 aromatic rings. The fourth-order valence-corrected chi connectivity index (χ4v) is 1.78. The van der Waals surface area contributed by atoms with E-state index in [1.165, 1.54) is 12.8 Å². The normalized spacial score (nSPS) is 10.3. The second-order valence-corrected chi connectivity index (χ2v) is 4.65. The first-order valence-corrected chi connectivity index (χ1v) is 7.32. The summed E-state index contributed by atoms with van der Waals surface area (Å²) in [5.41, 5.74) is 0. The first kappa shape index (κ1) is 15.2. The van der Waals surface area contributed by atoms with E-state index in [4.69, 9.17) is 21.1 Å². The van der Waals surface area contributed by atoms with E-state index in [9.17, 15) is 0 Å². The van der Waals surface area contributed by atoms with Crippen LogP contribution in [0.15, 0.2) is 24.3 Å². The summed E-state index contributed by atoms with van der Waals surface area (Å²) < 4.78 is 11.2. The largest absolute Gasteiger partial charge is 0.494 e. The fraction of sp³-hybridized carbons (Fsp3) is 0.600. The number of rotatable bonds is 10. The molecule has 0 saturated heterocycles. The molecule has 0 heterocycles. The van der Waals surface area contributed by atoms with Crippen molar-refractivity contribution < 1.29 is 9.47 Å². The molecule has 1 aromatic carbocycles. The minimum absolute atomic E-state index is 0.764. The molecular formula is C15H23ClO2. The van der Waals surface area contributed by atoms with Crippen molar-refractivity contribution in [1.82, 2.24) is 0 Å². The minimum Gasteiger partial charge on any atom is -0.494 e. The van der Waals surface area contributed by atoms with Crippen molar-refractivity contribution >= 4 is 11.6 Å². The second kappa shape index (κ2) is 10.1. The van der Waals surface area contributed by atoms with Crippen LogP contribution in [0.25, 0.3) is 0 Å². The van der Waals surface area contributed by atoms with Crippen LogP contribution in [0.5, 0.6) is 11.5 Å². The molecule has 0 atom stereocenters. The Kier molecular flexibility index (Phi) is 8.49. The van der Waals surface area contributed by atoms with Crippen LogP contribution < -0.4 is 9.47 Å². The van der Waals surface area contributed by atoms with E-state index in [2.05, 4.69) is 6.92 Å². The van der Waals surface area contributed by atoms with Crippen molar-refractivity contribution in [2.75, 3.05) is 19.1 Å². The van der Waals surface area contributed by atoms with Gasteiger partial charge in [0.15, 0.2) is 0 Å². The van der Waals surface area contributed by atoms with Crippen molar-refractivity contribution in [3.63, 3.8) is 0 Å². The number of hydrogen-bond donors (Lipinski definition) is 0. The first-order chi connectivity index (χ1) is 8.86. The van der Waals surface area contributed by atoms with Crippen molar-refractivity contribution in [3.05, 3.63) is 24.3 Å². The topological polar surface area (TPSA) is 18.5 Å². The van der Waals surface area contributed by atoms with Gasteiger partial charge in [-0.1, -0.05) is 19.8 Å². The summed E-state index contributed by atoms with van der Waals surface area (Å²) in [6.45, 7) is 3.64. The number of ether oxygens (including phenoxy) is 2. The summed E-state index contributed by atoms with van der Waals surface area (Å²) in [5, 5.41) is 0. The third-order valence-corrected chi connectivity index (χ3v) is 2.86. The van der Waals surface area contributed by atoms with E-state index < -0.39 is 0 Å². The van der Waals surface area contributed by atoms with E-state index in [-0.39, 0.29) is 0 Å². The third-order valence-electron chi connectivity index (χ3n) is 2.59. The molecule has 102 valence electrons. The molecule has 1 rings (SSSR count).